The molecule has 0 bridgehead atoms. The lowest BCUT2D eigenvalue weighted by Gasteiger charge is -2.17. The zero-order valence-electron chi connectivity index (χ0n) is 10.1. The van der Waals surface area contributed by atoms with E-state index in [1.807, 2.05) is 13.0 Å². The molecule has 0 radical (unpaired) electrons. The first kappa shape index (κ1) is 13.5. The normalized spacial score (nSPS) is 19.4. The molecule has 1 amide bonds. The van der Waals surface area contributed by atoms with Gasteiger partial charge in [-0.1, -0.05) is 11.8 Å². The van der Waals surface area contributed by atoms with Crippen molar-refractivity contribution in [3.63, 3.8) is 0 Å². The highest BCUT2D eigenvalue weighted by Crippen LogP contribution is 2.30. The first-order valence-corrected chi connectivity index (χ1v) is 7.24. The lowest BCUT2D eigenvalue weighted by molar-refractivity contribution is -0.117. The van der Waals surface area contributed by atoms with Gasteiger partial charge >= 0.3 is 0 Å². The Morgan fingerprint density at radius 3 is 2.94 bits per heavy atom. The van der Waals surface area contributed by atoms with Crippen LogP contribution in [0.2, 0.25) is 0 Å². The van der Waals surface area contributed by atoms with Crippen LogP contribution < -0.4 is 4.90 Å². The molecule has 96 valence electrons. The van der Waals surface area contributed by atoms with Crippen molar-refractivity contribution >= 4 is 44.5 Å². The van der Waals surface area contributed by atoms with Crippen LogP contribution in [0.5, 0.6) is 0 Å². The average Bonchev–Trinajstić information content (AvgIpc) is 2.58. The number of aryl methyl sites for hydroxylation is 1. The number of halogens is 1. The van der Waals surface area contributed by atoms with Crippen LogP contribution in [0.3, 0.4) is 0 Å². The number of carbonyl (C=O) groups is 2. The van der Waals surface area contributed by atoms with E-state index >= 15 is 0 Å². The molecule has 1 aromatic heterocycles. The molecule has 0 N–H and O–H groups in total. The summed E-state index contributed by atoms with van der Waals surface area (Å²) in [5, 5.41) is 0.0926. The first-order valence-electron chi connectivity index (χ1n) is 5.57. The molecule has 1 aliphatic heterocycles. The van der Waals surface area contributed by atoms with Gasteiger partial charge in [0.1, 0.15) is 5.82 Å². The van der Waals surface area contributed by atoms with E-state index in [9.17, 15) is 9.59 Å². The van der Waals surface area contributed by atoms with E-state index in [2.05, 4.69) is 20.9 Å². The van der Waals surface area contributed by atoms with E-state index in [0.29, 0.717) is 18.8 Å². The van der Waals surface area contributed by atoms with Crippen molar-refractivity contribution in [2.45, 2.75) is 25.5 Å². The molecular weight excluding hydrogens is 316 g/mol. The fourth-order valence-electron chi connectivity index (χ4n) is 2.01. The van der Waals surface area contributed by atoms with E-state index in [-0.39, 0.29) is 16.3 Å². The monoisotopic (exact) mass is 328 g/mol. The minimum Gasteiger partial charge on any atom is -0.295 e. The minimum atomic E-state index is 0.0340. The predicted molar refractivity (Wildman–Crippen MR) is 75.7 cm³/mol. The van der Waals surface area contributed by atoms with Gasteiger partial charge in [-0.25, -0.2) is 4.98 Å². The lowest BCUT2D eigenvalue weighted by atomic mass is 10.3. The number of aromatic nitrogens is 1. The van der Waals surface area contributed by atoms with Crippen LogP contribution >= 0.6 is 27.7 Å². The Morgan fingerprint density at radius 1 is 1.61 bits per heavy atom. The Hall–Kier alpha value is -0.880. The summed E-state index contributed by atoms with van der Waals surface area (Å²) in [6, 6.07) is 1.93. The largest absolute Gasteiger partial charge is 0.295 e. The molecule has 1 aromatic rings. The summed E-state index contributed by atoms with van der Waals surface area (Å²) in [6.45, 7) is 4.01. The van der Waals surface area contributed by atoms with Crippen molar-refractivity contribution in [1.82, 2.24) is 4.98 Å². The molecule has 0 aliphatic carbocycles. The van der Waals surface area contributed by atoms with E-state index in [1.54, 1.807) is 11.1 Å². The molecule has 0 spiro atoms. The van der Waals surface area contributed by atoms with Crippen LogP contribution in [-0.4, -0.2) is 27.8 Å². The minimum absolute atomic E-state index is 0.0340. The SMILES string of the molecule is CC(=O)SC1CC(=O)N(c2ncc(Br)cc2C)C1. The van der Waals surface area contributed by atoms with Crippen LogP contribution in [0.15, 0.2) is 16.7 Å². The second-order valence-corrected chi connectivity index (χ2v) is 6.63. The zero-order chi connectivity index (χ0) is 13.3. The Kier molecular flexibility index (Phi) is 4.07. The van der Waals surface area contributed by atoms with Gasteiger partial charge in [0.15, 0.2) is 5.12 Å². The predicted octanol–water partition coefficient (Wildman–Crippen LogP) is 2.54. The third-order valence-electron chi connectivity index (χ3n) is 2.70. The highest BCUT2D eigenvalue weighted by Gasteiger charge is 2.33. The quantitative estimate of drug-likeness (QED) is 0.837. The van der Waals surface area contributed by atoms with Crippen molar-refractivity contribution < 1.29 is 9.59 Å². The number of hydrogen-bond acceptors (Lipinski definition) is 4. The highest BCUT2D eigenvalue weighted by molar-refractivity contribution is 9.10. The number of carbonyl (C=O) groups excluding carboxylic acids is 2. The molecule has 2 rings (SSSR count). The molecule has 0 saturated carbocycles. The summed E-state index contributed by atoms with van der Waals surface area (Å²) in [7, 11) is 0. The van der Waals surface area contributed by atoms with Crippen LogP contribution in [-0.2, 0) is 9.59 Å². The number of hydrogen-bond donors (Lipinski definition) is 0. The molecule has 1 atom stereocenters. The second kappa shape index (κ2) is 5.40. The number of nitrogens with zero attached hydrogens (tertiary/aromatic N) is 2. The van der Waals surface area contributed by atoms with Gasteiger partial charge in [-0.3, -0.25) is 14.5 Å². The summed E-state index contributed by atoms with van der Waals surface area (Å²) in [5.41, 5.74) is 0.950. The third-order valence-corrected chi connectivity index (χ3v) is 4.11. The summed E-state index contributed by atoms with van der Waals surface area (Å²) >= 11 is 4.58. The maximum atomic E-state index is 12.0. The molecule has 1 unspecified atom stereocenters. The van der Waals surface area contributed by atoms with Gasteiger partial charge in [0.05, 0.1) is 0 Å². The third kappa shape index (κ3) is 2.92. The number of thioether (sulfide) groups is 1. The second-order valence-electron chi connectivity index (χ2n) is 4.23. The lowest BCUT2D eigenvalue weighted by Crippen LogP contribution is -2.26. The highest BCUT2D eigenvalue weighted by atomic mass is 79.9. The fraction of sp³-hybridized carbons (Fsp3) is 0.417. The maximum Gasteiger partial charge on any atom is 0.229 e. The summed E-state index contributed by atoms with van der Waals surface area (Å²) in [5.74, 6) is 0.724. The molecule has 6 heteroatoms. The summed E-state index contributed by atoms with van der Waals surface area (Å²) < 4.78 is 0.894. The standard InChI is InChI=1S/C12H13BrN2O2S/c1-7-3-9(13)5-14-12(7)15-6-10(4-11(15)17)18-8(2)16/h3,5,10H,4,6H2,1-2H3. The number of anilines is 1. The molecular formula is C12H13BrN2O2S. The van der Waals surface area contributed by atoms with Gasteiger partial charge < -0.3 is 0 Å². The van der Waals surface area contributed by atoms with Crippen molar-refractivity contribution in [2.24, 2.45) is 0 Å². The molecule has 1 saturated heterocycles. The van der Waals surface area contributed by atoms with Crippen molar-refractivity contribution in [1.29, 1.82) is 0 Å². The topological polar surface area (TPSA) is 50.3 Å². The molecule has 2 heterocycles. The van der Waals surface area contributed by atoms with Crippen molar-refractivity contribution in [2.75, 3.05) is 11.4 Å². The van der Waals surface area contributed by atoms with Gasteiger partial charge in [-0.15, -0.1) is 0 Å². The van der Waals surface area contributed by atoms with E-state index in [0.717, 1.165) is 10.0 Å². The average molecular weight is 329 g/mol. The van der Waals surface area contributed by atoms with Gasteiger partial charge in [-0.2, -0.15) is 0 Å². The summed E-state index contributed by atoms with van der Waals surface area (Å²) in [6.07, 6.45) is 2.09. The van der Waals surface area contributed by atoms with Gasteiger partial charge in [0.2, 0.25) is 5.91 Å². The molecule has 0 aromatic carbocycles. The van der Waals surface area contributed by atoms with Crippen LogP contribution in [0, 0.1) is 6.92 Å². The zero-order valence-corrected chi connectivity index (χ0v) is 12.5. The van der Waals surface area contributed by atoms with Crippen LogP contribution in [0.1, 0.15) is 18.9 Å². The Morgan fingerprint density at radius 2 is 2.33 bits per heavy atom. The Balaban J connectivity index is 2.19. The van der Waals surface area contributed by atoms with Crippen LogP contribution in [0.25, 0.3) is 0 Å². The first-order chi connectivity index (χ1) is 8.47. The number of rotatable bonds is 2. The molecule has 18 heavy (non-hydrogen) atoms. The van der Waals surface area contributed by atoms with Gasteiger partial charge in [0, 0.05) is 35.8 Å². The fourth-order valence-corrected chi connectivity index (χ4v) is 3.37. The van der Waals surface area contributed by atoms with Crippen molar-refractivity contribution in [3.8, 4) is 0 Å². The number of amides is 1. The molecule has 1 aliphatic rings. The smallest absolute Gasteiger partial charge is 0.229 e. The maximum absolute atomic E-state index is 12.0. The van der Waals surface area contributed by atoms with E-state index in [1.165, 1.54) is 18.7 Å². The van der Waals surface area contributed by atoms with Gasteiger partial charge in [-0.05, 0) is 34.5 Å². The Bertz CT molecular complexity index is 507. The van der Waals surface area contributed by atoms with E-state index in [4.69, 9.17) is 0 Å². The number of pyridine rings is 1. The van der Waals surface area contributed by atoms with E-state index < -0.39 is 0 Å². The molecule has 4 nitrogen and oxygen atoms in total. The Labute approximate surface area is 118 Å². The van der Waals surface area contributed by atoms with Crippen LogP contribution in [0.4, 0.5) is 5.82 Å². The van der Waals surface area contributed by atoms with Gasteiger partial charge in [0.25, 0.3) is 0 Å². The summed E-state index contributed by atoms with van der Waals surface area (Å²) in [4.78, 5) is 29.0. The van der Waals surface area contributed by atoms with Crippen molar-refractivity contribution in [3.05, 3.63) is 22.3 Å². The molecule has 1 fully saturated rings.